The second kappa shape index (κ2) is 12.1. The Labute approximate surface area is 205 Å². The van der Waals surface area contributed by atoms with Gasteiger partial charge in [-0.25, -0.2) is 14.1 Å². The van der Waals surface area contributed by atoms with E-state index in [-0.39, 0.29) is 24.2 Å². The highest BCUT2D eigenvalue weighted by molar-refractivity contribution is 7.98. The molecule has 0 radical (unpaired) electrons. The zero-order valence-electron chi connectivity index (χ0n) is 19.4. The molecule has 0 aliphatic heterocycles. The Morgan fingerprint density at radius 2 is 2.00 bits per heavy atom. The Kier molecular flexibility index (Phi) is 9.19. The number of rotatable bonds is 10. The quantitative estimate of drug-likeness (QED) is 0.250. The lowest BCUT2D eigenvalue weighted by Crippen LogP contribution is -2.10. The average Bonchev–Trinajstić information content (AvgIpc) is 3.19. The Balaban J connectivity index is 1.92. The summed E-state index contributed by atoms with van der Waals surface area (Å²) in [6.07, 6.45) is 2.29. The number of halogens is 1. The van der Waals surface area contributed by atoms with Crippen molar-refractivity contribution in [3.05, 3.63) is 70.6 Å². The first-order valence-corrected chi connectivity index (χ1v) is 12.5. The largest absolute Gasteiger partial charge is 0.457 e. The standard InChI is InChI=1S/C24H28FN4O3PS/c1-15-6-7-16(2)18(11-15)12-23-26-22(14-32-24(31)5-4-10-33)27-29(23)21-9-8-19(13-20(21)25)34-28-17(3)30/h6-9,11,13H,4-5,10,12,14,33H2,1-3H3,(H,28,30). The molecule has 2 aromatic carbocycles. The number of aromatic nitrogens is 3. The zero-order valence-corrected chi connectivity index (χ0v) is 21.4. The van der Waals surface area contributed by atoms with Gasteiger partial charge < -0.3 is 4.74 Å². The van der Waals surface area contributed by atoms with E-state index >= 15 is 4.39 Å². The molecule has 7 nitrogen and oxygen atoms in total. The van der Waals surface area contributed by atoms with E-state index in [2.05, 4.69) is 30.1 Å². The van der Waals surface area contributed by atoms with Crippen molar-refractivity contribution >= 4 is 33.1 Å². The van der Waals surface area contributed by atoms with E-state index in [0.717, 1.165) is 41.2 Å². The number of aryl methyl sites for hydroxylation is 2. The summed E-state index contributed by atoms with van der Waals surface area (Å²) in [5, 5.41) is 4.45. The van der Waals surface area contributed by atoms with Crippen LogP contribution in [0.3, 0.4) is 0 Å². The Morgan fingerprint density at radius 3 is 2.71 bits per heavy atom. The van der Waals surface area contributed by atoms with Crippen LogP contribution in [0.5, 0.6) is 0 Å². The molecule has 0 spiro atoms. The number of amides is 1. The van der Waals surface area contributed by atoms with Crippen LogP contribution in [-0.2, 0) is 27.4 Å². The Hall–Kier alpha value is -2.77. The van der Waals surface area contributed by atoms with E-state index in [1.54, 1.807) is 12.1 Å². The van der Waals surface area contributed by atoms with Crippen LogP contribution in [0.2, 0.25) is 0 Å². The molecule has 1 heterocycles. The minimum atomic E-state index is -0.508. The summed E-state index contributed by atoms with van der Waals surface area (Å²) in [6, 6.07) is 10.8. The maximum absolute atomic E-state index is 15.1. The van der Waals surface area contributed by atoms with Gasteiger partial charge in [-0.15, -0.1) is 14.3 Å². The number of esters is 1. The van der Waals surface area contributed by atoms with Gasteiger partial charge in [-0.3, -0.25) is 14.3 Å². The highest BCUT2D eigenvalue weighted by Crippen LogP contribution is 2.23. The SMILES string of the molecule is CC(=O)NSc1ccc(-n2nc(COC(=O)CCCP)nc2Cc2cc(C)ccc2C)c(F)c1. The lowest BCUT2D eigenvalue weighted by molar-refractivity contribution is -0.145. The third kappa shape index (κ3) is 7.11. The second-order valence-corrected chi connectivity index (χ2v) is 9.35. The van der Waals surface area contributed by atoms with E-state index in [9.17, 15) is 9.59 Å². The van der Waals surface area contributed by atoms with E-state index in [4.69, 9.17) is 4.74 Å². The first-order chi connectivity index (χ1) is 16.3. The third-order valence-corrected chi connectivity index (χ3v) is 6.27. The number of ether oxygens (including phenoxy) is 1. The van der Waals surface area contributed by atoms with Crippen molar-refractivity contribution in [2.24, 2.45) is 0 Å². The smallest absolute Gasteiger partial charge is 0.306 e. The predicted octanol–water partition coefficient (Wildman–Crippen LogP) is 4.46. The summed E-state index contributed by atoms with van der Waals surface area (Å²) < 4.78 is 24.4. The van der Waals surface area contributed by atoms with Crippen molar-refractivity contribution in [3.8, 4) is 5.69 Å². The van der Waals surface area contributed by atoms with Crippen LogP contribution in [0, 0.1) is 19.7 Å². The average molecular weight is 503 g/mol. The van der Waals surface area contributed by atoms with Gasteiger partial charge in [0.2, 0.25) is 5.91 Å². The van der Waals surface area contributed by atoms with Crippen LogP contribution >= 0.6 is 21.2 Å². The van der Waals surface area contributed by atoms with Gasteiger partial charge in [-0.2, -0.15) is 0 Å². The van der Waals surface area contributed by atoms with Crippen molar-refractivity contribution in [1.29, 1.82) is 0 Å². The maximum atomic E-state index is 15.1. The first-order valence-electron chi connectivity index (χ1n) is 10.9. The van der Waals surface area contributed by atoms with E-state index in [1.165, 1.54) is 17.7 Å². The van der Waals surface area contributed by atoms with Gasteiger partial charge in [-0.05, 0) is 67.7 Å². The number of carbonyl (C=O) groups excluding carboxylic acids is 2. The van der Waals surface area contributed by atoms with Gasteiger partial charge in [0.1, 0.15) is 17.3 Å². The molecule has 0 saturated heterocycles. The molecule has 34 heavy (non-hydrogen) atoms. The first kappa shape index (κ1) is 25.8. The molecule has 0 aliphatic carbocycles. The van der Waals surface area contributed by atoms with Crippen molar-refractivity contribution in [2.45, 2.75) is 51.5 Å². The van der Waals surface area contributed by atoms with Gasteiger partial charge in [0.05, 0.1) is 0 Å². The van der Waals surface area contributed by atoms with E-state index in [1.807, 2.05) is 26.0 Å². The molecule has 1 N–H and O–H groups in total. The van der Waals surface area contributed by atoms with Crippen LogP contribution in [0.15, 0.2) is 41.3 Å². The topological polar surface area (TPSA) is 86.1 Å². The summed E-state index contributed by atoms with van der Waals surface area (Å²) in [5.41, 5.74) is 3.48. The summed E-state index contributed by atoms with van der Waals surface area (Å²) in [6.45, 7) is 5.33. The Morgan fingerprint density at radius 1 is 1.21 bits per heavy atom. The van der Waals surface area contributed by atoms with E-state index in [0.29, 0.717) is 29.4 Å². The zero-order chi connectivity index (χ0) is 24.7. The number of benzene rings is 2. The minimum Gasteiger partial charge on any atom is -0.457 e. The molecule has 1 atom stereocenters. The number of hydrogen-bond donors (Lipinski definition) is 1. The fourth-order valence-electron chi connectivity index (χ4n) is 3.24. The van der Waals surface area contributed by atoms with Crippen molar-refractivity contribution < 1.29 is 18.7 Å². The molecular formula is C24H28FN4O3PS. The Bertz CT molecular complexity index is 1190. The van der Waals surface area contributed by atoms with Gasteiger partial charge >= 0.3 is 5.97 Å². The van der Waals surface area contributed by atoms with Crippen LogP contribution < -0.4 is 4.72 Å². The number of nitrogens with zero attached hydrogens (tertiary/aromatic N) is 3. The fraction of sp³-hybridized carbons (Fsp3) is 0.333. The normalized spacial score (nSPS) is 10.9. The lowest BCUT2D eigenvalue weighted by atomic mass is 10.0. The molecular weight excluding hydrogens is 474 g/mol. The monoisotopic (exact) mass is 502 g/mol. The summed E-state index contributed by atoms with van der Waals surface area (Å²) in [5.74, 6) is -0.216. The van der Waals surface area contributed by atoms with Gasteiger partial charge in [0.15, 0.2) is 12.4 Å². The molecule has 0 bridgehead atoms. The van der Waals surface area contributed by atoms with Crippen LogP contribution in [-0.4, -0.2) is 32.8 Å². The minimum absolute atomic E-state index is 0.0828. The number of nitrogens with one attached hydrogen (secondary N) is 1. The van der Waals surface area contributed by atoms with Crippen molar-refractivity contribution in [2.75, 3.05) is 6.16 Å². The van der Waals surface area contributed by atoms with Crippen LogP contribution in [0.4, 0.5) is 4.39 Å². The molecule has 0 saturated carbocycles. The summed E-state index contributed by atoms with van der Waals surface area (Å²) >= 11 is 1.04. The molecule has 0 aliphatic rings. The third-order valence-electron chi connectivity index (χ3n) is 4.98. The predicted molar refractivity (Wildman–Crippen MR) is 133 cm³/mol. The summed E-state index contributed by atoms with van der Waals surface area (Å²) in [7, 11) is 2.58. The molecule has 3 rings (SSSR count). The van der Waals surface area contributed by atoms with Gasteiger partial charge in [0.25, 0.3) is 0 Å². The second-order valence-electron chi connectivity index (χ2n) is 7.89. The van der Waals surface area contributed by atoms with E-state index < -0.39 is 5.82 Å². The number of hydrogen-bond acceptors (Lipinski definition) is 6. The maximum Gasteiger partial charge on any atom is 0.306 e. The lowest BCUT2D eigenvalue weighted by Gasteiger charge is -2.10. The molecule has 0 fully saturated rings. The molecule has 1 amide bonds. The number of carbonyl (C=O) groups is 2. The molecule has 1 unspecified atom stereocenters. The highest BCUT2D eigenvalue weighted by Gasteiger charge is 2.18. The van der Waals surface area contributed by atoms with Crippen LogP contribution in [0.25, 0.3) is 5.69 Å². The molecule has 3 aromatic rings. The highest BCUT2D eigenvalue weighted by atomic mass is 32.2. The van der Waals surface area contributed by atoms with Crippen molar-refractivity contribution in [1.82, 2.24) is 19.5 Å². The molecule has 1 aromatic heterocycles. The van der Waals surface area contributed by atoms with Gasteiger partial charge in [-0.1, -0.05) is 23.8 Å². The van der Waals surface area contributed by atoms with Crippen molar-refractivity contribution in [3.63, 3.8) is 0 Å². The fourth-order valence-corrected chi connectivity index (χ4v) is 4.00. The van der Waals surface area contributed by atoms with Gasteiger partial charge in [0, 0.05) is 24.7 Å². The van der Waals surface area contributed by atoms with Crippen LogP contribution in [0.1, 0.15) is 48.1 Å². The molecule has 180 valence electrons. The summed E-state index contributed by atoms with van der Waals surface area (Å²) in [4.78, 5) is 28.2. The molecule has 10 heteroatoms.